The molecule has 0 amide bonds. The molecule has 0 radical (unpaired) electrons. The van der Waals surface area contributed by atoms with Gasteiger partial charge in [-0.25, -0.2) is 0 Å². The molecule has 2 atom stereocenters. The van der Waals surface area contributed by atoms with Gasteiger partial charge in [0.05, 0.1) is 19.1 Å². The van der Waals surface area contributed by atoms with Crippen molar-refractivity contribution in [2.24, 2.45) is 11.8 Å². The third-order valence-corrected chi connectivity index (χ3v) is 3.09. The summed E-state index contributed by atoms with van der Waals surface area (Å²) in [6.45, 7) is 0.260. The van der Waals surface area contributed by atoms with Gasteiger partial charge in [-0.3, -0.25) is 4.79 Å². The van der Waals surface area contributed by atoms with Crippen molar-refractivity contribution in [1.82, 2.24) is 0 Å². The van der Waals surface area contributed by atoms with Crippen molar-refractivity contribution in [2.75, 3.05) is 7.11 Å². The van der Waals surface area contributed by atoms with Crippen molar-refractivity contribution in [3.05, 3.63) is 23.8 Å². The van der Waals surface area contributed by atoms with Crippen LogP contribution in [0.25, 0.3) is 0 Å². The molecule has 0 saturated carbocycles. The van der Waals surface area contributed by atoms with E-state index in [1.54, 1.807) is 13.8 Å². The first-order valence-electron chi connectivity index (χ1n) is 6.31. The standard InChI is InChI=1S/C14H18F2O5/c1-7(2)11(13(18)19)12(17)8-4-5-9(20-3)10(6-8)21-14(15)16/h4-7,11-12,14,17H,1-3H3,(H,18,19). The summed E-state index contributed by atoms with van der Waals surface area (Å²) in [5.41, 5.74) is 0.174. The molecule has 0 aliphatic rings. The molecule has 2 unspecified atom stereocenters. The number of methoxy groups -OCH3 is 1. The molecule has 0 saturated heterocycles. The lowest BCUT2D eigenvalue weighted by Gasteiger charge is -2.23. The molecule has 0 fully saturated rings. The predicted molar refractivity (Wildman–Crippen MR) is 70.5 cm³/mol. The number of rotatable bonds is 7. The van der Waals surface area contributed by atoms with Crippen LogP contribution in [-0.2, 0) is 4.79 Å². The molecule has 1 rings (SSSR count). The maximum atomic E-state index is 12.4. The normalized spacial score (nSPS) is 14.1. The summed E-state index contributed by atoms with van der Waals surface area (Å²) >= 11 is 0. The van der Waals surface area contributed by atoms with E-state index in [0.29, 0.717) is 0 Å². The Morgan fingerprint density at radius 2 is 1.86 bits per heavy atom. The van der Waals surface area contributed by atoms with Crippen molar-refractivity contribution in [3.8, 4) is 11.5 Å². The first kappa shape index (κ1) is 17.2. The zero-order chi connectivity index (χ0) is 16.2. The fourth-order valence-corrected chi connectivity index (χ4v) is 2.06. The second-order valence-corrected chi connectivity index (χ2v) is 4.84. The van der Waals surface area contributed by atoms with Crippen LogP contribution in [0.4, 0.5) is 8.78 Å². The highest BCUT2D eigenvalue weighted by Crippen LogP contribution is 2.35. The first-order valence-corrected chi connectivity index (χ1v) is 6.31. The zero-order valence-electron chi connectivity index (χ0n) is 11.9. The lowest BCUT2D eigenvalue weighted by Crippen LogP contribution is -2.27. The number of carboxylic acid groups (broad SMARTS) is 1. The van der Waals surface area contributed by atoms with Gasteiger partial charge in [-0.15, -0.1) is 0 Å². The Kier molecular flexibility index (Phi) is 5.90. The monoisotopic (exact) mass is 304 g/mol. The molecule has 0 aromatic heterocycles. The molecule has 0 bridgehead atoms. The highest BCUT2D eigenvalue weighted by molar-refractivity contribution is 5.71. The molecule has 7 heteroatoms. The van der Waals surface area contributed by atoms with Crippen LogP contribution in [0, 0.1) is 11.8 Å². The summed E-state index contributed by atoms with van der Waals surface area (Å²) < 4.78 is 33.9. The minimum Gasteiger partial charge on any atom is -0.493 e. The minimum atomic E-state index is -3.05. The van der Waals surface area contributed by atoms with Crippen LogP contribution < -0.4 is 9.47 Å². The molecule has 118 valence electrons. The third kappa shape index (κ3) is 4.29. The molecule has 21 heavy (non-hydrogen) atoms. The van der Waals surface area contributed by atoms with Crippen molar-refractivity contribution < 1.29 is 33.3 Å². The van der Waals surface area contributed by atoms with E-state index in [0.717, 1.165) is 6.07 Å². The molecule has 0 aliphatic carbocycles. The van der Waals surface area contributed by atoms with Gasteiger partial charge in [-0.05, 0) is 23.6 Å². The summed E-state index contributed by atoms with van der Waals surface area (Å²) in [6, 6.07) is 3.92. The van der Waals surface area contributed by atoms with Crippen LogP contribution in [0.5, 0.6) is 11.5 Å². The molecule has 2 N–H and O–H groups in total. The lowest BCUT2D eigenvalue weighted by atomic mass is 9.86. The quantitative estimate of drug-likeness (QED) is 0.810. The number of hydrogen-bond donors (Lipinski definition) is 2. The maximum absolute atomic E-state index is 12.4. The molecule has 5 nitrogen and oxygen atoms in total. The number of benzene rings is 1. The number of aliphatic hydroxyl groups excluding tert-OH is 1. The van der Waals surface area contributed by atoms with Crippen LogP contribution in [0.1, 0.15) is 25.5 Å². The van der Waals surface area contributed by atoms with Gasteiger partial charge in [0.1, 0.15) is 0 Å². The van der Waals surface area contributed by atoms with Crippen molar-refractivity contribution in [1.29, 1.82) is 0 Å². The van der Waals surface area contributed by atoms with Crippen LogP contribution in [0.3, 0.4) is 0 Å². The summed E-state index contributed by atoms with van der Waals surface area (Å²) in [7, 11) is 1.29. The largest absolute Gasteiger partial charge is 0.493 e. The second-order valence-electron chi connectivity index (χ2n) is 4.84. The fourth-order valence-electron chi connectivity index (χ4n) is 2.06. The molecule has 1 aromatic rings. The highest BCUT2D eigenvalue weighted by Gasteiger charge is 2.31. The fraction of sp³-hybridized carbons (Fsp3) is 0.500. The van der Waals surface area contributed by atoms with Crippen molar-refractivity contribution in [3.63, 3.8) is 0 Å². The van der Waals surface area contributed by atoms with Gasteiger partial charge >= 0.3 is 12.6 Å². The lowest BCUT2D eigenvalue weighted by molar-refractivity contribution is -0.148. The average molecular weight is 304 g/mol. The number of aliphatic carboxylic acids is 1. The Bertz CT molecular complexity index is 490. The SMILES string of the molecule is COc1ccc(C(O)C(C(=O)O)C(C)C)cc1OC(F)F. The van der Waals surface area contributed by atoms with Crippen LogP contribution in [0.2, 0.25) is 0 Å². The van der Waals surface area contributed by atoms with Gasteiger partial charge in [0.15, 0.2) is 11.5 Å². The number of alkyl halides is 2. The average Bonchev–Trinajstić information content (AvgIpc) is 2.36. The number of aliphatic hydroxyl groups is 1. The number of hydrogen-bond acceptors (Lipinski definition) is 4. The second kappa shape index (κ2) is 7.21. The van der Waals surface area contributed by atoms with Gasteiger partial charge in [-0.2, -0.15) is 8.78 Å². The van der Waals surface area contributed by atoms with Gasteiger partial charge in [0, 0.05) is 0 Å². The van der Waals surface area contributed by atoms with Crippen molar-refractivity contribution >= 4 is 5.97 Å². The number of halogens is 2. The summed E-state index contributed by atoms with van der Waals surface area (Å²) in [5, 5.41) is 19.3. The minimum absolute atomic E-state index is 0.0719. The molecule has 0 spiro atoms. The third-order valence-electron chi connectivity index (χ3n) is 3.09. The summed E-state index contributed by atoms with van der Waals surface area (Å²) in [5.74, 6) is -2.74. The van der Waals surface area contributed by atoms with E-state index in [4.69, 9.17) is 9.84 Å². The summed E-state index contributed by atoms with van der Waals surface area (Å²) in [4.78, 5) is 11.2. The van der Waals surface area contributed by atoms with E-state index in [1.807, 2.05) is 0 Å². The molecular formula is C14H18F2O5. The van der Waals surface area contributed by atoms with Gasteiger partial charge in [0.2, 0.25) is 0 Å². The van der Waals surface area contributed by atoms with Gasteiger partial charge in [0.25, 0.3) is 0 Å². The van der Waals surface area contributed by atoms with Crippen molar-refractivity contribution in [2.45, 2.75) is 26.6 Å². The Morgan fingerprint density at radius 1 is 1.24 bits per heavy atom. The first-order chi connectivity index (χ1) is 9.77. The highest BCUT2D eigenvalue weighted by atomic mass is 19.3. The van der Waals surface area contributed by atoms with E-state index < -0.39 is 24.6 Å². The topological polar surface area (TPSA) is 76.0 Å². The van der Waals surface area contributed by atoms with E-state index in [1.165, 1.54) is 19.2 Å². The number of carbonyl (C=O) groups is 1. The molecule has 1 aromatic carbocycles. The molecule has 0 heterocycles. The maximum Gasteiger partial charge on any atom is 0.387 e. The van der Waals surface area contributed by atoms with Crippen LogP contribution in [0.15, 0.2) is 18.2 Å². The zero-order valence-corrected chi connectivity index (χ0v) is 11.9. The summed E-state index contributed by atoms with van der Waals surface area (Å²) in [6.07, 6.45) is -1.34. The smallest absolute Gasteiger partial charge is 0.387 e. The van der Waals surface area contributed by atoms with Crippen LogP contribution >= 0.6 is 0 Å². The Labute approximate surface area is 121 Å². The Balaban J connectivity index is 3.15. The van der Waals surface area contributed by atoms with Crippen LogP contribution in [-0.4, -0.2) is 29.9 Å². The Hall–Kier alpha value is -1.89. The van der Waals surface area contributed by atoms with E-state index in [-0.39, 0.29) is 23.0 Å². The van der Waals surface area contributed by atoms with E-state index in [9.17, 15) is 18.7 Å². The Morgan fingerprint density at radius 3 is 2.29 bits per heavy atom. The van der Waals surface area contributed by atoms with E-state index >= 15 is 0 Å². The molecule has 0 aliphatic heterocycles. The molecular weight excluding hydrogens is 286 g/mol. The van der Waals surface area contributed by atoms with Gasteiger partial charge in [-0.1, -0.05) is 19.9 Å². The predicted octanol–water partition coefficient (Wildman–Crippen LogP) is 2.69. The van der Waals surface area contributed by atoms with E-state index in [2.05, 4.69) is 4.74 Å². The number of carboxylic acids is 1. The number of ether oxygens (including phenoxy) is 2. The van der Waals surface area contributed by atoms with Gasteiger partial charge < -0.3 is 19.7 Å².